The quantitative estimate of drug-likeness (QED) is 0.616. The van der Waals surface area contributed by atoms with Crippen LogP contribution in [0.5, 0.6) is 11.5 Å². The molecule has 0 amide bonds. The molecule has 22 heavy (non-hydrogen) atoms. The zero-order chi connectivity index (χ0) is 16.5. The van der Waals surface area contributed by atoms with Crippen LogP contribution in [0.1, 0.15) is 11.4 Å². The average Bonchev–Trinajstić information content (AvgIpc) is 2.80. The molecule has 0 spiro atoms. The lowest BCUT2D eigenvalue weighted by Crippen LogP contribution is -2.12. The Morgan fingerprint density at radius 3 is 2.77 bits per heavy atom. The number of H-pyrrole nitrogens is 1. The van der Waals surface area contributed by atoms with E-state index in [2.05, 4.69) is 26.1 Å². The van der Waals surface area contributed by atoms with Crippen LogP contribution in [0.2, 0.25) is 0 Å². The van der Waals surface area contributed by atoms with Crippen LogP contribution < -0.4 is 4.74 Å². The van der Waals surface area contributed by atoms with Crippen LogP contribution in [0.15, 0.2) is 21.7 Å². The molecule has 0 fully saturated rings. The van der Waals surface area contributed by atoms with Gasteiger partial charge < -0.3 is 9.84 Å². The lowest BCUT2D eigenvalue weighted by molar-refractivity contribution is -0.147. The van der Waals surface area contributed by atoms with Gasteiger partial charge >= 0.3 is 6.18 Å². The van der Waals surface area contributed by atoms with Crippen LogP contribution in [-0.4, -0.2) is 33.3 Å². The molecule has 1 heterocycles. The highest BCUT2D eigenvalue weighted by Crippen LogP contribution is 2.33. The molecule has 6 nitrogen and oxygen atoms in total. The third kappa shape index (κ3) is 3.30. The average molecular weight is 397 g/mol. The molecule has 118 valence electrons. The number of nitrogens with zero attached hydrogens (tertiary/aromatic N) is 3. The summed E-state index contributed by atoms with van der Waals surface area (Å²) < 4.78 is 43.8. The number of halogens is 4. The van der Waals surface area contributed by atoms with Gasteiger partial charge in [0, 0.05) is 10.0 Å². The Morgan fingerprint density at radius 2 is 2.18 bits per heavy atom. The fraction of sp³-hybridized carbons (Fsp3) is 0.182. The van der Waals surface area contributed by atoms with Crippen molar-refractivity contribution in [3.8, 4) is 11.5 Å². The Bertz CT molecular complexity index is 785. The van der Waals surface area contributed by atoms with E-state index >= 15 is 0 Å². The van der Waals surface area contributed by atoms with Gasteiger partial charge in [-0.1, -0.05) is 15.9 Å². The molecule has 1 aromatic heterocycles. The summed E-state index contributed by atoms with van der Waals surface area (Å²) in [5, 5.41) is 18.6. The molecule has 1 aromatic carbocycles. The molecule has 0 atom stereocenters. The van der Waals surface area contributed by atoms with Crippen LogP contribution in [0, 0.1) is 4.77 Å². The summed E-state index contributed by atoms with van der Waals surface area (Å²) >= 11 is 7.89. The molecule has 0 aliphatic carbocycles. The molecule has 0 aliphatic rings. The number of aromatic amines is 1. The van der Waals surface area contributed by atoms with Gasteiger partial charge in [-0.3, -0.25) is 0 Å². The highest BCUT2D eigenvalue weighted by atomic mass is 79.9. The first kappa shape index (κ1) is 16.5. The molecule has 2 aromatic rings. The molecule has 0 saturated carbocycles. The number of phenolic OH excluding ortho intramolecular Hbond substituents is 1. The highest BCUT2D eigenvalue weighted by molar-refractivity contribution is 9.10. The van der Waals surface area contributed by atoms with E-state index in [4.69, 9.17) is 17.0 Å². The maximum Gasteiger partial charge on any atom is 0.453 e. The number of hydrogen-bond acceptors (Lipinski definition) is 5. The molecule has 0 radical (unpaired) electrons. The summed E-state index contributed by atoms with van der Waals surface area (Å²) in [6, 6.07) is 2.95. The maximum absolute atomic E-state index is 12.7. The van der Waals surface area contributed by atoms with Crippen molar-refractivity contribution in [1.29, 1.82) is 0 Å². The molecular formula is C11H8BrF3N4O2S. The van der Waals surface area contributed by atoms with E-state index in [0.29, 0.717) is 9.15 Å². The first-order valence-corrected chi connectivity index (χ1v) is 6.79. The van der Waals surface area contributed by atoms with Crippen molar-refractivity contribution in [2.75, 3.05) is 7.11 Å². The van der Waals surface area contributed by atoms with Gasteiger partial charge in [0.15, 0.2) is 11.5 Å². The van der Waals surface area contributed by atoms with Crippen LogP contribution >= 0.6 is 28.1 Å². The van der Waals surface area contributed by atoms with E-state index in [1.165, 1.54) is 19.2 Å². The smallest absolute Gasteiger partial charge is 0.453 e. The van der Waals surface area contributed by atoms with Gasteiger partial charge in [-0.15, -0.1) is 5.10 Å². The van der Waals surface area contributed by atoms with Crippen molar-refractivity contribution < 1.29 is 23.0 Å². The predicted octanol–water partition coefficient (Wildman–Crippen LogP) is 3.32. The van der Waals surface area contributed by atoms with Crippen molar-refractivity contribution in [3.63, 3.8) is 0 Å². The second kappa shape index (κ2) is 6.08. The number of rotatable bonds is 3. The summed E-state index contributed by atoms with van der Waals surface area (Å²) in [4.78, 5) is 0. The van der Waals surface area contributed by atoms with Crippen LogP contribution in [0.25, 0.3) is 0 Å². The van der Waals surface area contributed by atoms with Gasteiger partial charge in [0.1, 0.15) is 0 Å². The second-order valence-electron chi connectivity index (χ2n) is 3.95. The number of benzene rings is 1. The number of ether oxygens (including phenoxy) is 1. The summed E-state index contributed by atoms with van der Waals surface area (Å²) in [6.07, 6.45) is -3.70. The number of nitrogens with one attached hydrogen (secondary N) is 1. The lowest BCUT2D eigenvalue weighted by atomic mass is 10.2. The van der Waals surface area contributed by atoms with Gasteiger partial charge in [-0.05, 0) is 24.4 Å². The fourth-order valence-electron chi connectivity index (χ4n) is 1.55. The standard InChI is InChI=1S/C11H8BrF3N4O2S/c1-21-7-3-6(12)2-5(8(7)20)4-16-19-9(11(13,14)15)17-18-10(19)22/h2-4,20H,1H3,(H,18,22)/b16-4-. The molecule has 0 aliphatic heterocycles. The Labute approximate surface area is 135 Å². The SMILES string of the molecule is COc1cc(Br)cc(/C=N\n2c(C(F)(F)F)n[nH]c2=S)c1O. The minimum absolute atomic E-state index is 0.141. The highest BCUT2D eigenvalue weighted by Gasteiger charge is 2.37. The summed E-state index contributed by atoms with van der Waals surface area (Å²) in [5.74, 6) is -1.42. The van der Waals surface area contributed by atoms with Gasteiger partial charge in [-0.2, -0.15) is 22.9 Å². The third-order valence-electron chi connectivity index (χ3n) is 2.51. The monoisotopic (exact) mass is 396 g/mol. The summed E-state index contributed by atoms with van der Waals surface area (Å²) in [7, 11) is 1.34. The predicted molar refractivity (Wildman–Crippen MR) is 77.8 cm³/mol. The van der Waals surface area contributed by atoms with Gasteiger partial charge in [-0.25, -0.2) is 5.10 Å². The maximum atomic E-state index is 12.7. The van der Waals surface area contributed by atoms with Crippen molar-refractivity contribution in [2.24, 2.45) is 5.10 Å². The van der Waals surface area contributed by atoms with E-state index in [9.17, 15) is 18.3 Å². The third-order valence-corrected chi connectivity index (χ3v) is 3.23. The lowest BCUT2D eigenvalue weighted by Gasteiger charge is -2.07. The fourth-order valence-corrected chi connectivity index (χ4v) is 2.18. The van der Waals surface area contributed by atoms with Crippen LogP contribution in [0.4, 0.5) is 13.2 Å². The van der Waals surface area contributed by atoms with Crippen molar-refractivity contribution in [2.45, 2.75) is 6.18 Å². The summed E-state index contributed by atoms with van der Waals surface area (Å²) in [6.45, 7) is 0. The Balaban J connectivity index is 2.49. The normalized spacial score (nSPS) is 12.0. The van der Waals surface area contributed by atoms with Gasteiger partial charge in [0.05, 0.1) is 13.3 Å². The van der Waals surface area contributed by atoms with E-state index in [0.717, 1.165) is 6.21 Å². The number of aromatic hydroxyl groups is 1. The van der Waals surface area contributed by atoms with Crippen molar-refractivity contribution in [3.05, 3.63) is 32.8 Å². The number of aromatic nitrogens is 3. The molecule has 0 bridgehead atoms. The zero-order valence-electron chi connectivity index (χ0n) is 10.8. The van der Waals surface area contributed by atoms with Crippen LogP contribution in [-0.2, 0) is 6.18 Å². The minimum Gasteiger partial charge on any atom is -0.504 e. The first-order valence-electron chi connectivity index (χ1n) is 5.59. The molecule has 11 heteroatoms. The molecule has 2 N–H and O–H groups in total. The molecule has 0 unspecified atom stereocenters. The minimum atomic E-state index is -4.72. The number of alkyl halides is 3. The Hall–Kier alpha value is -1.88. The number of phenols is 1. The Morgan fingerprint density at radius 1 is 1.50 bits per heavy atom. The van der Waals surface area contributed by atoms with E-state index in [1.54, 1.807) is 0 Å². The number of methoxy groups -OCH3 is 1. The topological polar surface area (TPSA) is 75.4 Å². The first-order chi connectivity index (χ1) is 10.2. The van der Waals surface area contributed by atoms with Crippen LogP contribution in [0.3, 0.4) is 0 Å². The van der Waals surface area contributed by atoms with E-state index < -0.39 is 12.0 Å². The Kier molecular flexibility index (Phi) is 4.56. The van der Waals surface area contributed by atoms with Gasteiger partial charge in [0.25, 0.3) is 5.82 Å². The van der Waals surface area contributed by atoms with E-state index in [1.807, 2.05) is 5.10 Å². The van der Waals surface area contributed by atoms with E-state index in [-0.39, 0.29) is 21.8 Å². The largest absolute Gasteiger partial charge is 0.504 e. The molecular weight excluding hydrogens is 389 g/mol. The van der Waals surface area contributed by atoms with Crippen molar-refractivity contribution >= 4 is 34.4 Å². The zero-order valence-corrected chi connectivity index (χ0v) is 13.3. The molecule has 2 rings (SSSR count). The van der Waals surface area contributed by atoms with Crippen molar-refractivity contribution in [1.82, 2.24) is 14.9 Å². The molecule has 0 saturated heterocycles. The number of hydrogen-bond donors (Lipinski definition) is 2. The van der Waals surface area contributed by atoms with Gasteiger partial charge in [0.2, 0.25) is 4.77 Å². The summed E-state index contributed by atoms with van der Waals surface area (Å²) in [5.41, 5.74) is 0.141. The second-order valence-corrected chi connectivity index (χ2v) is 5.25.